The number of alkyl halides is 5. The Morgan fingerprint density at radius 1 is 0.243 bits per heavy atom. The summed E-state index contributed by atoms with van der Waals surface area (Å²) in [5.41, 5.74) is 14.1. The van der Waals surface area contributed by atoms with E-state index in [1.165, 1.54) is 110 Å². The van der Waals surface area contributed by atoms with Crippen LogP contribution in [0.3, 0.4) is 0 Å². The fourth-order valence-electron chi connectivity index (χ4n) is 12.1. The molecule has 0 saturated heterocycles. The maximum atomic E-state index is 13.3. The number of rotatable bonds is 17. The van der Waals surface area contributed by atoms with Gasteiger partial charge in [0.05, 0.1) is 5.56 Å². The van der Waals surface area contributed by atoms with Gasteiger partial charge in [-0.1, -0.05) is 348 Å². The second kappa shape index (κ2) is 46.7. The van der Waals surface area contributed by atoms with Crippen LogP contribution >= 0.6 is 0 Å². The van der Waals surface area contributed by atoms with Crippen molar-refractivity contribution >= 4 is 10.8 Å². The molecule has 0 radical (unpaired) electrons. The number of benzene rings is 9. The molecule has 111 heavy (non-hydrogen) atoms. The highest BCUT2D eigenvalue weighted by Gasteiger charge is 2.35. The zero-order valence-electron chi connectivity index (χ0n) is 73.5. The van der Waals surface area contributed by atoms with E-state index in [4.69, 9.17) is 0 Å². The van der Waals surface area contributed by atoms with Gasteiger partial charge in [-0.25, -0.2) is 26.3 Å². The van der Waals surface area contributed by atoms with Crippen molar-refractivity contribution in [3.8, 4) is 0 Å². The Morgan fingerprint density at radius 2 is 0.523 bits per heavy atom. The minimum Gasteiger partial charge on any atom is -0.203 e. The molecule has 9 aromatic carbocycles. The van der Waals surface area contributed by atoms with Crippen LogP contribution < -0.4 is 0 Å². The molecule has 0 amide bonds. The summed E-state index contributed by atoms with van der Waals surface area (Å²) in [6, 6.07) is 62.3. The fraction of sp³-hybridized carbons (Fsp3) is 0.490. The zero-order valence-corrected chi connectivity index (χ0v) is 73.5. The van der Waals surface area contributed by atoms with Crippen molar-refractivity contribution in [2.75, 3.05) is 0 Å². The Morgan fingerprint density at radius 3 is 0.856 bits per heavy atom. The highest BCUT2D eigenvalue weighted by atomic mass is 19.4. The maximum absolute atomic E-state index is 13.3. The molecule has 0 aromatic heterocycles. The molecule has 0 aliphatic heterocycles. The summed E-state index contributed by atoms with van der Waals surface area (Å²) in [4.78, 5) is 0. The highest BCUT2D eigenvalue weighted by Crippen LogP contribution is 2.37. The van der Waals surface area contributed by atoms with Crippen LogP contribution in [0.4, 0.5) is 39.5 Å². The Labute approximate surface area is 668 Å². The van der Waals surface area contributed by atoms with Gasteiger partial charge in [0.15, 0.2) is 23.3 Å². The Kier molecular flexibility index (Phi) is 41.9. The minimum atomic E-state index is -4.60. The van der Waals surface area contributed by atoms with Crippen molar-refractivity contribution in [1.29, 1.82) is 0 Å². The first-order valence-electron chi connectivity index (χ1n) is 40.4. The van der Waals surface area contributed by atoms with Gasteiger partial charge in [0, 0.05) is 23.6 Å². The normalized spacial score (nSPS) is 11.7. The number of aryl methyl sites for hydroxylation is 2. The van der Waals surface area contributed by atoms with Gasteiger partial charge < -0.3 is 0 Å². The molecule has 0 aliphatic carbocycles. The third-order valence-electron chi connectivity index (χ3n) is 18.0. The van der Waals surface area contributed by atoms with E-state index in [2.05, 4.69) is 323 Å². The molecule has 0 N–H and O–H groups in total. The molecule has 612 valence electrons. The van der Waals surface area contributed by atoms with Crippen LogP contribution in [0.25, 0.3) is 10.8 Å². The van der Waals surface area contributed by atoms with Crippen molar-refractivity contribution in [2.45, 2.75) is 280 Å². The standard InChI is InChI=1S/C18H30.C14H16.C14H22.C13H15F5.C11H12F4.2C11H16.C10H14/c1-13(2)9-14-10-15(17(3,4)5)12-16(11-14)18(6,7)8;1-11(2)9-12-7-8-13-5-3-4-6-14(13)10-12;1-11(2)10-12-6-8-13(9-7-12)14(3,4)5;1-8(2)4-9-5-10(12(3,14)15)7-11(6-9)13(16,17)18;1-5(2)4-7-10(14)8(12)6(3)9(13)11(7)15;2*1-9(2)8-11-6-4-10(3)5-7-11;1-9(2)8-10-6-4-3-5-7-10/h10-13H,9H2,1-8H3;3-8,10-11H,9H2,1-2H3;6-9,11H,10H2,1-5H3;5-8H,4H2,1-3H3;5H,4H2,1-3H3;2*4-7,9H,8H2,1-3H3;3-7,9H,8H2,1-2H3. The molecular formula is C102H141F9. The number of halogens is 9. The number of fused-ring (bicyclic) bond motifs is 1. The first-order chi connectivity index (χ1) is 51.2. The van der Waals surface area contributed by atoms with Gasteiger partial charge in [0.2, 0.25) is 0 Å². The van der Waals surface area contributed by atoms with Crippen molar-refractivity contribution in [3.05, 3.63) is 294 Å². The largest absolute Gasteiger partial charge is 0.416 e. The van der Waals surface area contributed by atoms with Crippen LogP contribution in [-0.4, -0.2) is 0 Å². The summed E-state index contributed by atoms with van der Waals surface area (Å²) in [5, 5.41) is 2.69. The molecule has 0 saturated carbocycles. The topological polar surface area (TPSA) is 0 Å². The summed E-state index contributed by atoms with van der Waals surface area (Å²) in [5.74, 6) is -3.92. The Bertz CT molecular complexity index is 3860. The highest BCUT2D eigenvalue weighted by molar-refractivity contribution is 5.83. The van der Waals surface area contributed by atoms with E-state index in [1.807, 2.05) is 13.8 Å². The second-order valence-corrected chi connectivity index (χ2v) is 37.0. The van der Waals surface area contributed by atoms with Crippen molar-refractivity contribution in [2.24, 2.45) is 47.3 Å². The van der Waals surface area contributed by atoms with Gasteiger partial charge in [-0.05, 0) is 220 Å². The molecule has 0 bridgehead atoms. The quantitative estimate of drug-likeness (QED) is 0.0630. The molecule has 0 heterocycles. The van der Waals surface area contributed by atoms with Crippen molar-refractivity contribution in [1.82, 2.24) is 0 Å². The SMILES string of the molecule is CC(C)Cc1cc(C(C)(C)C)cc(C(C)(C)C)c1.CC(C)Cc1cc(C(C)(F)F)cc(C(F)(F)F)c1.CC(C)Cc1ccc(C(C)(C)C)cc1.CC(C)Cc1ccc2ccccc2c1.CC(C)Cc1ccccc1.Cc1c(F)c(F)c(CC(C)C)c(F)c1F.Cc1ccc(CC(C)C)cc1.Cc1ccc(CC(C)C)cc1. The maximum Gasteiger partial charge on any atom is 0.416 e. The fourth-order valence-corrected chi connectivity index (χ4v) is 12.1. The third-order valence-corrected chi connectivity index (χ3v) is 18.0. The average molecular weight is 1540 g/mol. The molecule has 9 rings (SSSR count). The van der Waals surface area contributed by atoms with E-state index < -0.39 is 57.6 Å². The molecule has 0 spiro atoms. The Balaban J connectivity index is 0.000000434. The van der Waals surface area contributed by atoms with E-state index in [1.54, 1.807) is 13.8 Å². The third kappa shape index (κ3) is 40.3. The van der Waals surface area contributed by atoms with E-state index >= 15 is 0 Å². The van der Waals surface area contributed by atoms with E-state index in [-0.39, 0.29) is 40.1 Å². The van der Waals surface area contributed by atoms with Gasteiger partial charge in [0.1, 0.15) is 0 Å². The van der Waals surface area contributed by atoms with E-state index in [9.17, 15) is 39.5 Å². The first-order valence-corrected chi connectivity index (χ1v) is 40.4. The van der Waals surface area contributed by atoms with Crippen LogP contribution in [0.1, 0.15) is 269 Å². The lowest BCUT2D eigenvalue weighted by Gasteiger charge is -2.26. The lowest BCUT2D eigenvalue weighted by molar-refractivity contribution is -0.137. The van der Waals surface area contributed by atoms with Gasteiger partial charge in [0.25, 0.3) is 5.92 Å². The van der Waals surface area contributed by atoms with Crippen LogP contribution in [0.15, 0.2) is 182 Å². The molecule has 0 unspecified atom stereocenters. The molecule has 0 nitrogen and oxygen atoms in total. The van der Waals surface area contributed by atoms with Gasteiger partial charge in [-0.3, -0.25) is 0 Å². The van der Waals surface area contributed by atoms with Gasteiger partial charge in [-0.15, -0.1) is 0 Å². The smallest absolute Gasteiger partial charge is 0.203 e. The molecule has 0 fully saturated rings. The summed E-state index contributed by atoms with van der Waals surface area (Å²) in [6.45, 7) is 60.6. The van der Waals surface area contributed by atoms with E-state index in [0.717, 1.165) is 48.6 Å². The summed E-state index contributed by atoms with van der Waals surface area (Å²) < 4.78 is 117. The summed E-state index contributed by atoms with van der Waals surface area (Å²) in [7, 11) is 0. The first kappa shape index (κ1) is 99.7. The lowest BCUT2D eigenvalue weighted by atomic mass is 9.79. The number of hydrogen-bond acceptors (Lipinski definition) is 0. The second-order valence-electron chi connectivity index (χ2n) is 37.0. The molecule has 9 heteroatoms. The van der Waals surface area contributed by atoms with Crippen molar-refractivity contribution in [3.63, 3.8) is 0 Å². The van der Waals surface area contributed by atoms with Crippen LogP contribution in [0, 0.1) is 91.4 Å². The van der Waals surface area contributed by atoms with Crippen LogP contribution in [-0.2, 0) is 79.7 Å². The lowest BCUT2D eigenvalue weighted by Crippen LogP contribution is -2.17. The predicted molar refractivity (Wildman–Crippen MR) is 462 cm³/mol. The molecule has 0 aliphatic rings. The molecule has 9 aromatic rings. The van der Waals surface area contributed by atoms with Crippen molar-refractivity contribution < 1.29 is 39.5 Å². The van der Waals surface area contributed by atoms with Crippen LogP contribution in [0.5, 0.6) is 0 Å². The molecular weight excluding hydrogens is 1400 g/mol. The monoisotopic (exact) mass is 1540 g/mol. The van der Waals surface area contributed by atoms with E-state index in [0.29, 0.717) is 25.3 Å². The van der Waals surface area contributed by atoms with Crippen LogP contribution in [0.2, 0.25) is 0 Å². The Hall–Kier alpha value is -7.39. The average Bonchev–Trinajstić information content (AvgIpc) is 0.802. The van der Waals surface area contributed by atoms with Gasteiger partial charge >= 0.3 is 6.18 Å². The summed E-state index contributed by atoms with van der Waals surface area (Å²) >= 11 is 0. The summed E-state index contributed by atoms with van der Waals surface area (Å²) in [6.07, 6.45) is 2.83. The van der Waals surface area contributed by atoms with Gasteiger partial charge in [-0.2, -0.15) is 13.2 Å². The minimum absolute atomic E-state index is 0.0220. The zero-order chi connectivity index (χ0) is 84.7. The number of hydrogen-bond donors (Lipinski definition) is 0. The molecule has 0 atom stereocenters. The predicted octanol–water partition coefficient (Wildman–Crippen LogP) is 31.7.